The Kier molecular flexibility index (Phi) is 6.22. The van der Waals surface area contributed by atoms with Crippen LogP contribution in [0.15, 0.2) is 70.9 Å². The summed E-state index contributed by atoms with van der Waals surface area (Å²) < 4.78 is 11.1. The average molecular weight is 447 g/mol. The fourth-order valence-corrected chi connectivity index (χ4v) is 3.94. The maximum atomic E-state index is 13.1. The number of nitrogens with zero attached hydrogens (tertiary/aromatic N) is 1. The molecule has 170 valence electrons. The molecule has 3 aromatic rings. The fourth-order valence-electron chi connectivity index (χ4n) is 3.94. The lowest BCUT2D eigenvalue weighted by atomic mass is 9.94. The van der Waals surface area contributed by atoms with Crippen LogP contribution in [0.25, 0.3) is 5.76 Å². The number of likely N-dealkylation sites (tertiary alicyclic amines) is 1. The molecule has 4 rings (SSSR count). The smallest absolute Gasteiger partial charge is 0.296 e. The Bertz CT molecular complexity index is 1190. The van der Waals surface area contributed by atoms with Crippen molar-refractivity contribution in [3.05, 3.63) is 88.9 Å². The molecule has 2 aromatic carbocycles. The number of rotatable bonds is 7. The number of hydrogen-bond donors (Lipinski definition) is 2. The summed E-state index contributed by atoms with van der Waals surface area (Å²) in [5, 5.41) is 20.9. The van der Waals surface area contributed by atoms with Crippen molar-refractivity contribution in [1.82, 2.24) is 4.90 Å². The number of carbonyl (C=O) groups excluding carboxylic acids is 2. The van der Waals surface area contributed by atoms with Gasteiger partial charge in [0.25, 0.3) is 11.7 Å². The number of aromatic hydroxyl groups is 1. The molecule has 1 aliphatic heterocycles. The first-order chi connectivity index (χ1) is 15.9. The maximum Gasteiger partial charge on any atom is 0.296 e. The van der Waals surface area contributed by atoms with Crippen molar-refractivity contribution < 1.29 is 29.0 Å². The second-order valence-electron chi connectivity index (χ2n) is 7.93. The molecule has 1 fully saturated rings. The van der Waals surface area contributed by atoms with Crippen molar-refractivity contribution >= 4 is 17.4 Å². The second kappa shape index (κ2) is 9.24. The van der Waals surface area contributed by atoms with E-state index in [-0.39, 0.29) is 23.6 Å². The van der Waals surface area contributed by atoms with E-state index in [1.807, 2.05) is 13.8 Å². The van der Waals surface area contributed by atoms with E-state index < -0.39 is 17.7 Å². The third kappa shape index (κ3) is 4.35. The van der Waals surface area contributed by atoms with Gasteiger partial charge in [0, 0.05) is 5.56 Å². The fraction of sp³-hybridized carbons (Fsp3) is 0.231. The number of amides is 1. The van der Waals surface area contributed by atoms with Crippen LogP contribution in [0.3, 0.4) is 0 Å². The van der Waals surface area contributed by atoms with E-state index in [4.69, 9.17) is 9.15 Å². The number of phenolic OH excluding ortho intramolecular Hbond substituents is 1. The van der Waals surface area contributed by atoms with Gasteiger partial charge in [0.1, 0.15) is 23.0 Å². The van der Waals surface area contributed by atoms with Crippen molar-refractivity contribution in [2.75, 3.05) is 6.61 Å². The van der Waals surface area contributed by atoms with Gasteiger partial charge in [0.05, 0.1) is 31.0 Å². The van der Waals surface area contributed by atoms with Gasteiger partial charge in [0.15, 0.2) is 0 Å². The Balaban J connectivity index is 1.80. The number of phenols is 1. The molecule has 1 aliphatic rings. The lowest BCUT2D eigenvalue weighted by Crippen LogP contribution is -2.29. The van der Waals surface area contributed by atoms with Crippen LogP contribution in [0, 0.1) is 6.92 Å². The highest BCUT2D eigenvalue weighted by molar-refractivity contribution is 6.46. The third-order valence-corrected chi connectivity index (χ3v) is 5.57. The molecule has 0 aliphatic carbocycles. The molecule has 1 amide bonds. The number of Topliss-reactive ketones (excluding diaryl/α,β-unsaturated/α-hetero) is 1. The molecular formula is C26H25NO6. The number of hydrogen-bond acceptors (Lipinski definition) is 6. The molecule has 1 aromatic heterocycles. The van der Waals surface area contributed by atoms with Crippen LogP contribution in [0.5, 0.6) is 11.5 Å². The minimum atomic E-state index is -0.841. The molecule has 2 N–H and O–H groups in total. The van der Waals surface area contributed by atoms with Crippen molar-refractivity contribution in [3.63, 3.8) is 0 Å². The van der Waals surface area contributed by atoms with E-state index in [0.29, 0.717) is 29.2 Å². The maximum absolute atomic E-state index is 13.1. The number of carbonyl (C=O) groups is 2. The Morgan fingerprint density at radius 1 is 1.12 bits per heavy atom. The topological polar surface area (TPSA) is 100 Å². The lowest BCUT2D eigenvalue weighted by Gasteiger charge is -2.24. The molecule has 33 heavy (non-hydrogen) atoms. The first kappa shape index (κ1) is 22.2. The number of aryl methyl sites for hydroxylation is 1. The monoisotopic (exact) mass is 447 g/mol. The first-order valence-electron chi connectivity index (χ1n) is 10.7. The second-order valence-corrected chi connectivity index (χ2v) is 7.93. The van der Waals surface area contributed by atoms with Crippen LogP contribution in [-0.4, -0.2) is 33.4 Å². The molecule has 2 heterocycles. The Morgan fingerprint density at radius 3 is 2.52 bits per heavy atom. The molecule has 1 saturated heterocycles. The standard InChI is InChI=1S/C26H25NO6/c1-3-12-33-21-11-8-18(14-16(21)2)24(29)22-23(17-6-9-19(28)10-7-17)27(26(31)25(22)30)15-20-5-4-13-32-20/h4-11,13-14,23,28-29H,3,12,15H2,1-2H3/b24-22-. The predicted molar refractivity (Wildman–Crippen MR) is 122 cm³/mol. The zero-order chi connectivity index (χ0) is 23.5. The zero-order valence-corrected chi connectivity index (χ0v) is 18.4. The van der Waals surface area contributed by atoms with Crippen LogP contribution < -0.4 is 4.74 Å². The van der Waals surface area contributed by atoms with E-state index in [1.165, 1.54) is 23.3 Å². The van der Waals surface area contributed by atoms with Gasteiger partial charge in [-0.25, -0.2) is 0 Å². The van der Waals surface area contributed by atoms with Crippen LogP contribution in [-0.2, 0) is 16.1 Å². The summed E-state index contributed by atoms with van der Waals surface area (Å²) in [4.78, 5) is 27.4. The van der Waals surface area contributed by atoms with Crippen molar-refractivity contribution in [3.8, 4) is 11.5 Å². The van der Waals surface area contributed by atoms with Crippen molar-refractivity contribution in [2.45, 2.75) is 32.9 Å². The number of aliphatic hydroxyl groups is 1. The highest BCUT2D eigenvalue weighted by Crippen LogP contribution is 2.41. The van der Waals surface area contributed by atoms with E-state index in [1.54, 1.807) is 42.5 Å². The Morgan fingerprint density at radius 2 is 1.88 bits per heavy atom. The summed E-state index contributed by atoms with van der Waals surface area (Å²) >= 11 is 0. The lowest BCUT2D eigenvalue weighted by molar-refractivity contribution is -0.140. The molecule has 0 radical (unpaired) electrons. The van der Waals surface area contributed by atoms with E-state index in [0.717, 1.165) is 12.0 Å². The number of benzene rings is 2. The summed E-state index contributed by atoms with van der Waals surface area (Å²) in [6, 6.07) is 13.9. The van der Waals surface area contributed by atoms with Gasteiger partial charge in [-0.3, -0.25) is 9.59 Å². The van der Waals surface area contributed by atoms with E-state index >= 15 is 0 Å². The first-order valence-corrected chi connectivity index (χ1v) is 10.7. The molecule has 7 nitrogen and oxygen atoms in total. The highest BCUT2D eigenvalue weighted by atomic mass is 16.5. The predicted octanol–water partition coefficient (Wildman–Crippen LogP) is 4.70. The SMILES string of the molecule is CCCOc1ccc(/C(O)=C2/C(=O)C(=O)N(Cc3ccco3)C2c2ccc(O)cc2)cc1C. The van der Waals surface area contributed by atoms with E-state index in [9.17, 15) is 19.8 Å². The molecule has 0 bridgehead atoms. The Labute approximate surface area is 191 Å². The van der Waals surface area contributed by atoms with Gasteiger partial charge in [-0.05, 0) is 66.9 Å². The molecule has 1 unspecified atom stereocenters. The van der Waals surface area contributed by atoms with Crippen molar-refractivity contribution in [2.24, 2.45) is 0 Å². The van der Waals surface area contributed by atoms with Crippen LogP contribution in [0.4, 0.5) is 0 Å². The van der Waals surface area contributed by atoms with Gasteiger partial charge in [-0.1, -0.05) is 19.1 Å². The van der Waals surface area contributed by atoms with Gasteiger partial charge in [0.2, 0.25) is 0 Å². The summed E-state index contributed by atoms with van der Waals surface area (Å²) in [5.74, 6) is -0.513. The summed E-state index contributed by atoms with van der Waals surface area (Å²) in [5.41, 5.74) is 1.79. The summed E-state index contributed by atoms with van der Waals surface area (Å²) in [6.07, 6.45) is 2.36. The van der Waals surface area contributed by atoms with Crippen LogP contribution in [0.2, 0.25) is 0 Å². The number of furan rings is 1. The quantitative estimate of drug-likeness (QED) is 0.309. The minimum absolute atomic E-state index is 0.0149. The van der Waals surface area contributed by atoms with Gasteiger partial charge in [-0.15, -0.1) is 0 Å². The van der Waals surface area contributed by atoms with Crippen LogP contribution >= 0.6 is 0 Å². The molecule has 7 heteroatoms. The van der Waals surface area contributed by atoms with E-state index in [2.05, 4.69) is 0 Å². The highest BCUT2D eigenvalue weighted by Gasteiger charge is 2.46. The number of ether oxygens (including phenoxy) is 1. The largest absolute Gasteiger partial charge is 0.508 e. The number of aliphatic hydroxyl groups excluding tert-OH is 1. The Hall–Kier alpha value is -4.00. The van der Waals surface area contributed by atoms with Crippen molar-refractivity contribution in [1.29, 1.82) is 0 Å². The molecule has 1 atom stereocenters. The normalized spacial score (nSPS) is 17.5. The summed E-state index contributed by atoms with van der Waals surface area (Å²) in [6.45, 7) is 4.50. The molecular weight excluding hydrogens is 422 g/mol. The van der Waals surface area contributed by atoms with Crippen LogP contribution in [0.1, 0.15) is 41.8 Å². The average Bonchev–Trinajstić information content (AvgIpc) is 3.41. The van der Waals surface area contributed by atoms with Gasteiger partial charge in [-0.2, -0.15) is 0 Å². The van der Waals surface area contributed by atoms with Gasteiger partial charge >= 0.3 is 0 Å². The molecule has 0 saturated carbocycles. The zero-order valence-electron chi connectivity index (χ0n) is 18.4. The number of ketones is 1. The minimum Gasteiger partial charge on any atom is -0.508 e. The third-order valence-electron chi connectivity index (χ3n) is 5.57. The van der Waals surface area contributed by atoms with Gasteiger partial charge < -0.3 is 24.3 Å². The molecule has 0 spiro atoms. The summed E-state index contributed by atoms with van der Waals surface area (Å²) in [7, 11) is 0.